The Morgan fingerprint density at radius 1 is 1.55 bits per heavy atom. The molecule has 1 fully saturated rings. The van der Waals surface area contributed by atoms with Crippen molar-refractivity contribution in [1.29, 1.82) is 0 Å². The van der Waals surface area contributed by atoms with Gasteiger partial charge in [-0.2, -0.15) is 0 Å². The molecule has 0 aliphatic carbocycles. The smallest absolute Gasteiger partial charge is 0.324 e. The van der Waals surface area contributed by atoms with E-state index in [2.05, 4.69) is 11.8 Å². The van der Waals surface area contributed by atoms with Gasteiger partial charge >= 0.3 is 5.97 Å². The molecule has 110 valence electrons. The van der Waals surface area contributed by atoms with E-state index in [0.717, 1.165) is 30.7 Å². The molecule has 2 unspecified atom stereocenters. The van der Waals surface area contributed by atoms with Crippen LogP contribution in [-0.2, 0) is 4.79 Å². The van der Waals surface area contributed by atoms with Crippen LogP contribution < -0.4 is 4.74 Å². The lowest BCUT2D eigenvalue weighted by atomic mass is 9.91. The average molecular weight is 277 g/mol. The van der Waals surface area contributed by atoms with Crippen molar-refractivity contribution in [3.8, 4) is 5.75 Å². The van der Waals surface area contributed by atoms with E-state index >= 15 is 0 Å². The quantitative estimate of drug-likeness (QED) is 0.898. The summed E-state index contributed by atoms with van der Waals surface area (Å²) in [5.41, 5.74) is 0.382. The zero-order valence-corrected chi connectivity index (χ0v) is 12.4. The van der Waals surface area contributed by atoms with Crippen molar-refractivity contribution in [3.05, 3.63) is 29.8 Å². The minimum atomic E-state index is -0.720. The van der Waals surface area contributed by atoms with Crippen molar-refractivity contribution < 1.29 is 14.6 Å². The molecule has 0 amide bonds. The maximum absolute atomic E-state index is 11.8. The van der Waals surface area contributed by atoms with Crippen LogP contribution in [0.15, 0.2) is 24.3 Å². The third kappa shape index (κ3) is 2.40. The Hall–Kier alpha value is -1.55. The number of carboxylic acids is 1. The van der Waals surface area contributed by atoms with Crippen molar-refractivity contribution in [2.45, 2.75) is 44.7 Å². The van der Waals surface area contributed by atoms with E-state index in [1.807, 2.05) is 31.2 Å². The van der Waals surface area contributed by atoms with E-state index in [4.69, 9.17) is 4.74 Å². The zero-order chi connectivity index (χ0) is 14.8. The number of carbonyl (C=O) groups is 1. The molecule has 2 atom stereocenters. The highest BCUT2D eigenvalue weighted by Gasteiger charge is 2.48. The normalized spacial score (nSPS) is 24.6. The van der Waals surface area contributed by atoms with Crippen molar-refractivity contribution in [3.63, 3.8) is 0 Å². The van der Waals surface area contributed by atoms with Gasteiger partial charge in [0.25, 0.3) is 0 Å². The van der Waals surface area contributed by atoms with E-state index in [0.29, 0.717) is 6.42 Å². The topological polar surface area (TPSA) is 49.8 Å². The fraction of sp³-hybridized carbons (Fsp3) is 0.562. The molecule has 0 saturated carbocycles. The first-order valence-electron chi connectivity index (χ1n) is 7.19. The molecule has 20 heavy (non-hydrogen) atoms. The number of aliphatic carboxylic acids is 1. The summed E-state index contributed by atoms with van der Waals surface area (Å²) >= 11 is 0. The van der Waals surface area contributed by atoms with Gasteiger partial charge in [0.1, 0.15) is 11.3 Å². The van der Waals surface area contributed by atoms with Gasteiger partial charge in [-0.1, -0.05) is 19.1 Å². The third-order valence-electron chi connectivity index (χ3n) is 4.57. The highest BCUT2D eigenvalue weighted by molar-refractivity contribution is 5.79. The van der Waals surface area contributed by atoms with Crippen LogP contribution >= 0.6 is 0 Å². The zero-order valence-electron chi connectivity index (χ0n) is 12.4. The Kier molecular flexibility index (Phi) is 4.33. The number of rotatable bonds is 5. The maximum atomic E-state index is 11.8. The van der Waals surface area contributed by atoms with Gasteiger partial charge in [0.05, 0.1) is 7.11 Å². The Balaban J connectivity index is 2.31. The second-order valence-corrected chi connectivity index (χ2v) is 5.44. The summed E-state index contributed by atoms with van der Waals surface area (Å²) in [5.74, 6) is 0.109. The molecule has 4 nitrogen and oxygen atoms in total. The van der Waals surface area contributed by atoms with E-state index in [-0.39, 0.29) is 6.04 Å². The molecule has 1 aromatic carbocycles. The van der Waals surface area contributed by atoms with Crippen molar-refractivity contribution in [1.82, 2.24) is 4.90 Å². The van der Waals surface area contributed by atoms with Gasteiger partial charge in [-0.15, -0.1) is 0 Å². The summed E-state index contributed by atoms with van der Waals surface area (Å²) in [5, 5.41) is 9.66. The molecular weight excluding hydrogens is 254 g/mol. The molecule has 0 spiro atoms. The summed E-state index contributed by atoms with van der Waals surface area (Å²) in [4.78, 5) is 13.9. The molecule has 1 heterocycles. The minimum Gasteiger partial charge on any atom is -0.497 e. The fourth-order valence-corrected chi connectivity index (χ4v) is 3.31. The van der Waals surface area contributed by atoms with Gasteiger partial charge < -0.3 is 9.84 Å². The predicted molar refractivity (Wildman–Crippen MR) is 78.0 cm³/mol. The summed E-state index contributed by atoms with van der Waals surface area (Å²) in [7, 11) is 1.65. The van der Waals surface area contributed by atoms with E-state index < -0.39 is 11.5 Å². The van der Waals surface area contributed by atoms with E-state index in [9.17, 15) is 9.90 Å². The van der Waals surface area contributed by atoms with Gasteiger partial charge in [0, 0.05) is 6.04 Å². The molecule has 4 heteroatoms. The number of likely N-dealkylation sites (tertiary alicyclic amines) is 1. The molecule has 1 aromatic rings. The Morgan fingerprint density at radius 2 is 2.30 bits per heavy atom. The van der Waals surface area contributed by atoms with Crippen LogP contribution in [0.25, 0.3) is 0 Å². The number of hydrogen-bond donors (Lipinski definition) is 1. The van der Waals surface area contributed by atoms with Gasteiger partial charge in [-0.25, -0.2) is 0 Å². The van der Waals surface area contributed by atoms with Crippen LogP contribution in [0, 0.1) is 0 Å². The number of hydrogen-bond acceptors (Lipinski definition) is 3. The Labute approximate surface area is 120 Å². The fourth-order valence-electron chi connectivity index (χ4n) is 3.31. The molecule has 2 rings (SSSR count). The molecule has 1 N–H and O–H groups in total. The van der Waals surface area contributed by atoms with Crippen LogP contribution in [0.3, 0.4) is 0 Å². The minimum absolute atomic E-state index is 0.0728. The Bertz CT molecular complexity index is 488. The lowest BCUT2D eigenvalue weighted by Gasteiger charge is -2.38. The molecular formula is C16H23NO3. The third-order valence-corrected chi connectivity index (χ3v) is 4.57. The summed E-state index contributed by atoms with van der Waals surface area (Å²) < 4.78 is 5.26. The van der Waals surface area contributed by atoms with Gasteiger partial charge in [0.2, 0.25) is 0 Å². The summed E-state index contributed by atoms with van der Waals surface area (Å²) in [6, 6.07) is 7.96. The number of ether oxygens (including phenoxy) is 1. The lowest BCUT2D eigenvalue weighted by molar-refractivity contribution is -0.151. The Morgan fingerprint density at radius 3 is 2.90 bits per heavy atom. The number of benzene rings is 1. The number of methoxy groups -OCH3 is 1. The SMILES string of the molecule is CCC1(C(=O)O)CCCN1C(C)c1cccc(OC)c1. The van der Waals surface area contributed by atoms with Crippen LogP contribution in [0.5, 0.6) is 5.75 Å². The van der Waals surface area contributed by atoms with Gasteiger partial charge in [-0.05, 0) is 50.4 Å². The van der Waals surface area contributed by atoms with E-state index in [1.54, 1.807) is 7.11 Å². The number of nitrogens with zero attached hydrogens (tertiary/aromatic N) is 1. The van der Waals surface area contributed by atoms with Gasteiger partial charge in [-0.3, -0.25) is 9.69 Å². The molecule has 1 saturated heterocycles. The highest BCUT2D eigenvalue weighted by atomic mass is 16.5. The monoisotopic (exact) mass is 277 g/mol. The van der Waals surface area contributed by atoms with Crippen LogP contribution in [0.1, 0.15) is 44.7 Å². The second-order valence-electron chi connectivity index (χ2n) is 5.44. The maximum Gasteiger partial charge on any atom is 0.324 e. The largest absolute Gasteiger partial charge is 0.497 e. The highest BCUT2D eigenvalue weighted by Crippen LogP contribution is 2.39. The van der Waals surface area contributed by atoms with Crippen molar-refractivity contribution in [2.24, 2.45) is 0 Å². The second kappa shape index (κ2) is 5.83. The van der Waals surface area contributed by atoms with Crippen LogP contribution in [-0.4, -0.2) is 35.2 Å². The lowest BCUT2D eigenvalue weighted by Crippen LogP contribution is -2.50. The van der Waals surface area contributed by atoms with Crippen molar-refractivity contribution in [2.75, 3.05) is 13.7 Å². The van der Waals surface area contributed by atoms with Crippen LogP contribution in [0.2, 0.25) is 0 Å². The summed E-state index contributed by atoms with van der Waals surface area (Å²) in [6.07, 6.45) is 2.30. The van der Waals surface area contributed by atoms with Crippen molar-refractivity contribution >= 4 is 5.97 Å². The molecule has 0 bridgehead atoms. The first-order chi connectivity index (χ1) is 9.55. The van der Waals surface area contributed by atoms with Gasteiger partial charge in [0.15, 0.2) is 0 Å². The molecule has 0 aromatic heterocycles. The number of carboxylic acid groups (broad SMARTS) is 1. The first kappa shape index (κ1) is 14.9. The standard InChI is InChI=1S/C16H23NO3/c1-4-16(15(18)19)9-6-10-17(16)12(2)13-7-5-8-14(11-13)20-3/h5,7-8,11-12H,4,6,9-10H2,1-3H3,(H,18,19). The van der Waals surface area contributed by atoms with Crippen LogP contribution in [0.4, 0.5) is 0 Å². The summed E-state index contributed by atoms with van der Waals surface area (Å²) in [6.45, 7) is 4.87. The molecule has 0 radical (unpaired) electrons. The molecule has 1 aliphatic heterocycles. The molecule has 1 aliphatic rings. The average Bonchev–Trinajstić information content (AvgIpc) is 2.91. The van der Waals surface area contributed by atoms with E-state index in [1.165, 1.54) is 0 Å². The predicted octanol–water partition coefficient (Wildman–Crippen LogP) is 3.09. The first-order valence-corrected chi connectivity index (χ1v) is 7.19.